The summed E-state index contributed by atoms with van der Waals surface area (Å²) in [6, 6.07) is 0. The van der Waals surface area contributed by atoms with Crippen molar-refractivity contribution in [2.24, 2.45) is 0 Å². The number of hydrogen-bond acceptors (Lipinski definition) is 8. The predicted molar refractivity (Wildman–Crippen MR) is 76.5 cm³/mol. The molecule has 22 heavy (non-hydrogen) atoms. The summed E-state index contributed by atoms with van der Waals surface area (Å²) < 4.78 is 38.9. The Labute approximate surface area is 132 Å². The molecular formula is C14H26O8. The largest absolute Gasteiger partial charge is 0.463 e. The number of methoxy groups -OCH3 is 4. The van der Waals surface area contributed by atoms with Gasteiger partial charge in [-0.05, 0) is 0 Å². The summed E-state index contributed by atoms with van der Waals surface area (Å²) in [5.74, 6) is -1.13. The van der Waals surface area contributed by atoms with Crippen molar-refractivity contribution < 1.29 is 39.4 Å². The molecule has 0 aliphatic heterocycles. The molecule has 0 radical (unpaired) electrons. The van der Waals surface area contributed by atoms with Crippen molar-refractivity contribution in [2.75, 3.05) is 41.6 Å². The number of esters is 2. The Balaban J connectivity index is 5.34. The van der Waals surface area contributed by atoms with Crippen LogP contribution in [0.25, 0.3) is 0 Å². The maximum Gasteiger partial charge on any atom is 0.303 e. The molecule has 0 aliphatic carbocycles. The van der Waals surface area contributed by atoms with Gasteiger partial charge in [-0.15, -0.1) is 0 Å². The van der Waals surface area contributed by atoms with E-state index < -0.39 is 42.9 Å². The first kappa shape index (κ1) is 18.8. The Morgan fingerprint density at radius 3 is 1.82 bits per heavy atom. The summed E-state index contributed by atoms with van der Waals surface area (Å²) in [7, 11) is 5.59. The molecule has 1 unspecified atom stereocenters. The zero-order valence-electron chi connectivity index (χ0n) is 14.9. The van der Waals surface area contributed by atoms with Crippen LogP contribution in [-0.2, 0) is 38.0 Å². The highest BCUT2D eigenvalue weighted by molar-refractivity contribution is 5.66. The molecule has 8 nitrogen and oxygen atoms in total. The highest BCUT2D eigenvalue weighted by Crippen LogP contribution is 2.17. The molecule has 0 saturated carbocycles. The molecule has 0 bridgehead atoms. The van der Waals surface area contributed by atoms with Gasteiger partial charge < -0.3 is 28.4 Å². The van der Waals surface area contributed by atoms with Gasteiger partial charge in [0.05, 0.1) is 7.98 Å². The minimum absolute atomic E-state index is 0.0601. The lowest BCUT2D eigenvalue weighted by molar-refractivity contribution is -0.185. The van der Waals surface area contributed by atoms with Gasteiger partial charge in [0.2, 0.25) is 0 Å². The third-order valence-electron chi connectivity index (χ3n) is 2.85. The van der Waals surface area contributed by atoms with Gasteiger partial charge in [0, 0.05) is 42.3 Å². The second kappa shape index (κ2) is 11.4. The van der Waals surface area contributed by atoms with Crippen molar-refractivity contribution in [2.45, 2.75) is 38.3 Å². The van der Waals surface area contributed by atoms with Crippen molar-refractivity contribution in [3.05, 3.63) is 0 Å². The highest BCUT2D eigenvalue weighted by atomic mass is 16.6. The molecule has 0 N–H and O–H groups in total. The zero-order chi connectivity index (χ0) is 18.0. The van der Waals surface area contributed by atoms with Crippen molar-refractivity contribution in [3.8, 4) is 0 Å². The molecule has 0 heterocycles. The summed E-state index contributed by atoms with van der Waals surface area (Å²) in [6.45, 7) is 1.18. The molecule has 0 aliphatic rings. The van der Waals surface area contributed by atoms with Crippen LogP contribution in [0.4, 0.5) is 0 Å². The molecule has 0 aromatic heterocycles. The molecule has 0 rings (SSSR count). The predicted octanol–water partition coefficient (Wildman–Crippen LogP) is 0.173. The van der Waals surface area contributed by atoms with Crippen LogP contribution in [0.3, 0.4) is 0 Å². The average molecular weight is 323 g/mol. The third kappa shape index (κ3) is 7.17. The number of carbonyl (C=O) groups excluding carboxylic acids is 2. The van der Waals surface area contributed by atoms with E-state index in [0.29, 0.717) is 0 Å². The smallest absolute Gasteiger partial charge is 0.303 e. The molecule has 5 atom stereocenters. The van der Waals surface area contributed by atoms with Gasteiger partial charge in [-0.2, -0.15) is 0 Å². The first-order valence-electron chi connectivity index (χ1n) is 7.24. The molecule has 0 amide bonds. The Morgan fingerprint density at radius 2 is 1.45 bits per heavy atom. The lowest BCUT2D eigenvalue weighted by Crippen LogP contribution is -2.51. The van der Waals surface area contributed by atoms with E-state index in [4.69, 9.17) is 29.8 Å². The fourth-order valence-corrected chi connectivity index (χ4v) is 1.96. The minimum Gasteiger partial charge on any atom is -0.463 e. The summed E-state index contributed by atoms with van der Waals surface area (Å²) in [5.41, 5.74) is 0. The van der Waals surface area contributed by atoms with Crippen molar-refractivity contribution in [3.63, 3.8) is 0 Å². The van der Waals surface area contributed by atoms with E-state index in [1.165, 1.54) is 42.3 Å². The van der Waals surface area contributed by atoms with Gasteiger partial charge in [0.25, 0.3) is 0 Å². The Hall–Kier alpha value is -1.22. The van der Waals surface area contributed by atoms with Crippen LogP contribution < -0.4 is 0 Å². The summed E-state index contributed by atoms with van der Waals surface area (Å²) in [6.07, 6.45) is -3.37. The number of hydrogen-bond donors (Lipinski definition) is 0. The Kier molecular flexibility index (Phi) is 9.72. The molecule has 8 heteroatoms. The monoisotopic (exact) mass is 323 g/mol. The zero-order valence-corrected chi connectivity index (χ0v) is 13.9. The van der Waals surface area contributed by atoms with Gasteiger partial charge in [0.1, 0.15) is 24.9 Å². The van der Waals surface area contributed by atoms with Crippen LogP contribution in [0.2, 0.25) is 0 Å². The third-order valence-corrected chi connectivity index (χ3v) is 2.85. The summed E-state index contributed by atoms with van der Waals surface area (Å²) in [4.78, 5) is 22.3. The second-order valence-electron chi connectivity index (χ2n) is 4.45. The van der Waals surface area contributed by atoms with Crippen molar-refractivity contribution in [1.29, 1.82) is 0 Å². The van der Waals surface area contributed by atoms with Gasteiger partial charge >= 0.3 is 11.9 Å². The van der Waals surface area contributed by atoms with E-state index >= 15 is 0 Å². The molecule has 0 spiro atoms. The lowest BCUT2D eigenvalue weighted by Gasteiger charge is -2.34. The fraction of sp³-hybridized carbons (Fsp3) is 0.857. The number of ether oxygens (including phenoxy) is 6. The van der Waals surface area contributed by atoms with Crippen LogP contribution in [-0.4, -0.2) is 78.0 Å². The van der Waals surface area contributed by atoms with Crippen LogP contribution in [0.5, 0.6) is 0 Å². The molecule has 0 saturated heterocycles. The lowest BCUT2D eigenvalue weighted by atomic mass is 10.0. The molecular weight excluding hydrogens is 296 g/mol. The van der Waals surface area contributed by atoms with Gasteiger partial charge in [-0.1, -0.05) is 0 Å². The maximum atomic E-state index is 11.3. The van der Waals surface area contributed by atoms with Gasteiger partial charge in [-0.25, -0.2) is 0 Å². The van der Waals surface area contributed by atoms with Crippen LogP contribution in [0.15, 0.2) is 0 Å². The normalized spacial score (nSPS) is 18.5. The molecule has 0 aromatic carbocycles. The SMILES string of the molecule is [2H]C(OC(C)=O)[C@H](OC)[C@@H](OC)[C@H](OC)[C@@H](COC)OC(C)=O. The van der Waals surface area contributed by atoms with E-state index in [9.17, 15) is 9.59 Å². The van der Waals surface area contributed by atoms with Gasteiger partial charge in [0.15, 0.2) is 6.10 Å². The molecule has 0 aromatic rings. The first-order chi connectivity index (χ1) is 10.8. The first-order valence-corrected chi connectivity index (χ1v) is 6.66. The molecule has 0 fully saturated rings. The summed E-state index contributed by atoms with van der Waals surface area (Å²) >= 11 is 0. The standard InChI is InChI=1S/C14H26O8/c1-9(15)21-8-11(18-4)13(19-5)14(20-6)12(7-17-3)22-10(2)16/h11-14H,7-8H2,1-6H3/t11-,12+,13+,14+/m0/s1/i8D/t8?,11-,12+,13+,14+. The number of rotatable bonds is 11. The van der Waals surface area contributed by atoms with E-state index in [1.807, 2.05) is 0 Å². The molecule has 130 valence electrons. The fourth-order valence-electron chi connectivity index (χ4n) is 1.96. The van der Waals surface area contributed by atoms with Gasteiger partial charge in [-0.3, -0.25) is 9.59 Å². The highest BCUT2D eigenvalue weighted by Gasteiger charge is 2.38. The summed E-state index contributed by atoms with van der Waals surface area (Å²) in [5, 5.41) is 0. The second-order valence-corrected chi connectivity index (χ2v) is 4.45. The maximum absolute atomic E-state index is 11.3. The van der Waals surface area contributed by atoms with Crippen LogP contribution in [0.1, 0.15) is 15.2 Å². The Morgan fingerprint density at radius 1 is 0.909 bits per heavy atom. The van der Waals surface area contributed by atoms with Crippen molar-refractivity contribution >= 4 is 11.9 Å². The van der Waals surface area contributed by atoms with Crippen LogP contribution >= 0.6 is 0 Å². The van der Waals surface area contributed by atoms with E-state index in [2.05, 4.69) is 0 Å². The quantitative estimate of drug-likeness (QED) is 0.497. The van der Waals surface area contributed by atoms with Crippen molar-refractivity contribution in [1.82, 2.24) is 0 Å². The average Bonchev–Trinajstić information content (AvgIpc) is 2.45. The van der Waals surface area contributed by atoms with E-state index in [-0.39, 0.29) is 6.61 Å². The number of carbonyl (C=O) groups is 2. The minimum atomic E-state index is -1.33. The van der Waals surface area contributed by atoms with Crippen LogP contribution in [0, 0.1) is 0 Å². The Bertz CT molecular complexity index is 365. The van der Waals surface area contributed by atoms with E-state index in [0.717, 1.165) is 0 Å². The van der Waals surface area contributed by atoms with E-state index in [1.54, 1.807) is 0 Å². The topological polar surface area (TPSA) is 89.5 Å².